The van der Waals surface area contributed by atoms with Crippen LogP contribution in [0.15, 0.2) is 41.4 Å². The van der Waals surface area contributed by atoms with E-state index in [1.165, 1.54) is 0 Å². The van der Waals surface area contributed by atoms with Gasteiger partial charge in [0, 0.05) is 5.56 Å². The van der Waals surface area contributed by atoms with Gasteiger partial charge in [0.2, 0.25) is 5.91 Å². The first kappa shape index (κ1) is 18.3. The fourth-order valence-corrected chi connectivity index (χ4v) is 2.72. The minimum Gasteiger partial charge on any atom is -0.497 e. The molecular weight excluding hydrogens is 342 g/mol. The van der Waals surface area contributed by atoms with E-state index < -0.39 is 18.4 Å². The molecule has 0 aliphatic heterocycles. The summed E-state index contributed by atoms with van der Waals surface area (Å²) in [6, 6.07) is 12.7. The van der Waals surface area contributed by atoms with Gasteiger partial charge in [-0.25, -0.2) is 4.98 Å². The van der Waals surface area contributed by atoms with E-state index in [0.717, 1.165) is 23.1 Å². The second-order valence-corrected chi connectivity index (χ2v) is 5.81. The summed E-state index contributed by atoms with van der Waals surface area (Å²) < 4.78 is 5.12. The third-order valence-electron chi connectivity index (χ3n) is 3.14. The summed E-state index contributed by atoms with van der Waals surface area (Å²) in [6.45, 7) is -0.441. The highest BCUT2D eigenvalue weighted by atomic mass is 32.2. The van der Waals surface area contributed by atoms with E-state index in [1.807, 2.05) is 18.2 Å². The fourth-order valence-electron chi connectivity index (χ4n) is 1.92. The van der Waals surface area contributed by atoms with Crippen molar-refractivity contribution in [3.8, 4) is 23.1 Å². The number of carbonyl (C=O) groups is 2. The Labute approximate surface area is 148 Å². The molecule has 0 bridgehead atoms. The van der Waals surface area contributed by atoms with Crippen LogP contribution in [0.2, 0.25) is 0 Å². The molecule has 1 heterocycles. The first-order valence-electron chi connectivity index (χ1n) is 7.20. The predicted molar refractivity (Wildman–Crippen MR) is 92.3 cm³/mol. The minimum atomic E-state index is -1.12. The van der Waals surface area contributed by atoms with Crippen LogP contribution in [0.3, 0.4) is 0 Å². The number of ether oxygens (including phenoxy) is 1. The number of carboxylic acids is 1. The molecule has 0 fully saturated rings. The molecule has 0 aliphatic carbocycles. The molecule has 0 saturated carbocycles. The summed E-state index contributed by atoms with van der Waals surface area (Å²) in [7, 11) is 1.58. The molecular formula is C17H15N3O4S. The summed E-state index contributed by atoms with van der Waals surface area (Å²) in [5.41, 5.74) is 1.87. The Morgan fingerprint density at radius 2 is 2.00 bits per heavy atom. The van der Waals surface area contributed by atoms with Crippen LogP contribution in [0.5, 0.6) is 5.75 Å². The zero-order chi connectivity index (χ0) is 18.2. The van der Waals surface area contributed by atoms with Gasteiger partial charge in [0.1, 0.15) is 23.4 Å². The molecule has 7 nitrogen and oxygen atoms in total. The number of nitrogens with one attached hydrogen (secondary N) is 1. The highest BCUT2D eigenvalue weighted by Crippen LogP contribution is 2.26. The second-order valence-electron chi connectivity index (χ2n) is 4.85. The van der Waals surface area contributed by atoms with Gasteiger partial charge in [-0.1, -0.05) is 11.8 Å². The van der Waals surface area contributed by atoms with Gasteiger partial charge < -0.3 is 15.2 Å². The molecule has 0 radical (unpaired) electrons. The maximum atomic E-state index is 11.6. The van der Waals surface area contributed by atoms with E-state index in [9.17, 15) is 14.9 Å². The smallest absolute Gasteiger partial charge is 0.322 e. The molecule has 0 atom stereocenters. The van der Waals surface area contributed by atoms with Gasteiger partial charge >= 0.3 is 5.97 Å². The quantitative estimate of drug-likeness (QED) is 0.728. The van der Waals surface area contributed by atoms with Crippen LogP contribution >= 0.6 is 11.8 Å². The van der Waals surface area contributed by atoms with Gasteiger partial charge in [0.05, 0.1) is 24.1 Å². The van der Waals surface area contributed by atoms with Gasteiger partial charge in [-0.2, -0.15) is 5.26 Å². The first-order chi connectivity index (χ1) is 12.0. The molecule has 0 unspecified atom stereocenters. The Balaban J connectivity index is 2.15. The standard InChI is InChI=1S/C17H15N3O4S/c1-24-13-5-2-11(3-6-13)14-7-4-12(8-18)17(20-14)25-10-15(21)19-9-16(22)23/h2-7H,9-10H2,1H3,(H,19,21)(H,22,23). The Morgan fingerprint density at radius 1 is 1.28 bits per heavy atom. The molecule has 1 amide bonds. The molecule has 1 aromatic carbocycles. The third kappa shape index (κ3) is 5.22. The number of methoxy groups -OCH3 is 1. The van der Waals surface area contributed by atoms with Gasteiger partial charge in [-0.15, -0.1) is 0 Å². The maximum Gasteiger partial charge on any atom is 0.322 e. The van der Waals surface area contributed by atoms with Crippen LogP contribution in [-0.4, -0.2) is 41.4 Å². The van der Waals surface area contributed by atoms with Crippen LogP contribution < -0.4 is 10.1 Å². The van der Waals surface area contributed by atoms with Crippen molar-refractivity contribution in [3.05, 3.63) is 42.0 Å². The summed E-state index contributed by atoms with van der Waals surface area (Å²) in [5.74, 6) is -0.855. The molecule has 1 aromatic heterocycles. The first-order valence-corrected chi connectivity index (χ1v) is 8.19. The van der Waals surface area contributed by atoms with Crippen molar-refractivity contribution in [2.24, 2.45) is 0 Å². The van der Waals surface area contributed by atoms with E-state index >= 15 is 0 Å². The highest BCUT2D eigenvalue weighted by molar-refractivity contribution is 8.00. The third-order valence-corrected chi connectivity index (χ3v) is 4.13. The molecule has 128 valence electrons. The van der Waals surface area contributed by atoms with Crippen LogP contribution in [-0.2, 0) is 9.59 Å². The van der Waals surface area contributed by atoms with Gasteiger partial charge in [-0.3, -0.25) is 9.59 Å². The van der Waals surface area contributed by atoms with E-state index in [0.29, 0.717) is 16.3 Å². The zero-order valence-electron chi connectivity index (χ0n) is 13.4. The van der Waals surface area contributed by atoms with Crippen LogP contribution in [0.1, 0.15) is 5.56 Å². The largest absolute Gasteiger partial charge is 0.497 e. The lowest BCUT2D eigenvalue weighted by Gasteiger charge is -2.07. The van der Waals surface area contributed by atoms with Gasteiger partial charge in [0.15, 0.2) is 0 Å². The number of hydrogen-bond acceptors (Lipinski definition) is 6. The van der Waals surface area contributed by atoms with Crippen molar-refractivity contribution in [3.63, 3.8) is 0 Å². The number of carbonyl (C=O) groups excluding carboxylic acids is 1. The number of aromatic nitrogens is 1. The average molecular weight is 357 g/mol. The molecule has 25 heavy (non-hydrogen) atoms. The lowest BCUT2D eigenvalue weighted by Crippen LogP contribution is -2.30. The molecule has 2 aromatic rings. The normalized spacial score (nSPS) is 9.92. The fraction of sp³-hybridized carbons (Fsp3) is 0.176. The highest BCUT2D eigenvalue weighted by Gasteiger charge is 2.11. The van der Waals surface area contributed by atoms with Crippen LogP contribution in [0.4, 0.5) is 0 Å². The number of amides is 1. The molecule has 0 aliphatic rings. The Kier molecular flexibility index (Phi) is 6.37. The van der Waals surface area contributed by atoms with Crippen molar-refractivity contribution in [2.45, 2.75) is 5.03 Å². The van der Waals surface area contributed by atoms with Crippen molar-refractivity contribution in [1.82, 2.24) is 10.3 Å². The number of pyridine rings is 1. The second kappa shape index (κ2) is 8.70. The number of thioether (sulfide) groups is 1. The van der Waals surface area contributed by atoms with E-state index in [-0.39, 0.29) is 5.75 Å². The Bertz CT molecular complexity index is 816. The van der Waals surface area contributed by atoms with Crippen molar-refractivity contribution in [2.75, 3.05) is 19.4 Å². The van der Waals surface area contributed by atoms with Crippen LogP contribution in [0, 0.1) is 11.3 Å². The van der Waals surface area contributed by atoms with Gasteiger partial charge in [0.25, 0.3) is 0 Å². The summed E-state index contributed by atoms with van der Waals surface area (Å²) >= 11 is 1.08. The van der Waals surface area contributed by atoms with Crippen molar-refractivity contribution >= 4 is 23.6 Å². The van der Waals surface area contributed by atoms with Crippen LogP contribution in [0.25, 0.3) is 11.3 Å². The molecule has 8 heteroatoms. The lowest BCUT2D eigenvalue weighted by atomic mass is 10.1. The molecule has 2 N–H and O–H groups in total. The summed E-state index contributed by atoms with van der Waals surface area (Å²) in [4.78, 5) is 26.5. The number of nitrogens with zero attached hydrogens (tertiary/aromatic N) is 2. The minimum absolute atomic E-state index is 0.0268. The maximum absolute atomic E-state index is 11.6. The number of benzene rings is 1. The van der Waals surface area contributed by atoms with Crippen molar-refractivity contribution < 1.29 is 19.4 Å². The monoisotopic (exact) mass is 357 g/mol. The number of carboxylic acid groups (broad SMARTS) is 1. The topological polar surface area (TPSA) is 112 Å². The lowest BCUT2D eigenvalue weighted by molar-refractivity contribution is -0.137. The zero-order valence-corrected chi connectivity index (χ0v) is 14.2. The Hall–Kier alpha value is -3.05. The molecule has 0 saturated heterocycles. The van der Waals surface area contributed by atoms with E-state index in [2.05, 4.69) is 10.3 Å². The van der Waals surface area contributed by atoms with E-state index in [1.54, 1.807) is 31.4 Å². The van der Waals surface area contributed by atoms with Crippen molar-refractivity contribution in [1.29, 1.82) is 5.26 Å². The average Bonchev–Trinajstić information content (AvgIpc) is 2.64. The number of rotatable bonds is 7. The SMILES string of the molecule is COc1ccc(-c2ccc(C#N)c(SCC(=O)NCC(=O)O)n2)cc1. The summed E-state index contributed by atoms with van der Waals surface area (Å²) in [6.07, 6.45) is 0. The Morgan fingerprint density at radius 3 is 2.60 bits per heavy atom. The predicted octanol–water partition coefficient (Wildman–Crippen LogP) is 1.92. The number of nitriles is 1. The molecule has 0 spiro atoms. The van der Waals surface area contributed by atoms with E-state index in [4.69, 9.17) is 9.84 Å². The summed E-state index contributed by atoms with van der Waals surface area (Å²) in [5, 5.41) is 20.4. The number of hydrogen-bond donors (Lipinski definition) is 2. The van der Waals surface area contributed by atoms with Gasteiger partial charge in [-0.05, 0) is 36.4 Å². The molecule has 2 rings (SSSR count). The number of aliphatic carboxylic acids is 1.